The number of hydrogen-bond donors (Lipinski definition) is 2. The standard InChI is InChI=1S/C18H34N4O3/c1-22(2)17(23)14-21-18(20-13-16-8-4-6-12-25-16)19-10-9-15-7-3-5-11-24-15/h15-16H,3-14H2,1-2H3,(H2,19,20,21). The highest BCUT2D eigenvalue weighted by Gasteiger charge is 2.16. The second kappa shape index (κ2) is 11.3. The third-order valence-corrected chi connectivity index (χ3v) is 4.68. The maximum Gasteiger partial charge on any atom is 0.243 e. The summed E-state index contributed by atoms with van der Waals surface area (Å²) in [6.45, 7) is 3.37. The smallest absolute Gasteiger partial charge is 0.243 e. The Hall–Kier alpha value is -1.34. The number of nitrogens with one attached hydrogen (secondary N) is 2. The lowest BCUT2D eigenvalue weighted by molar-refractivity contribution is -0.127. The summed E-state index contributed by atoms with van der Waals surface area (Å²) in [7, 11) is 3.49. The monoisotopic (exact) mass is 354 g/mol. The molecule has 2 N–H and O–H groups in total. The van der Waals surface area contributed by atoms with Gasteiger partial charge in [-0.05, 0) is 44.9 Å². The Morgan fingerprint density at radius 3 is 2.32 bits per heavy atom. The van der Waals surface area contributed by atoms with Crippen LogP contribution in [0.3, 0.4) is 0 Å². The molecule has 25 heavy (non-hydrogen) atoms. The van der Waals surface area contributed by atoms with Gasteiger partial charge in [0.1, 0.15) is 6.54 Å². The predicted molar refractivity (Wildman–Crippen MR) is 98.8 cm³/mol. The zero-order valence-corrected chi connectivity index (χ0v) is 15.8. The minimum absolute atomic E-state index is 0.00868. The van der Waals surface area contributed by atoms with Crippen molar-refractivity contribution in [3.8, 4) is 0 Å². The summed E-state index contributed by atoms with van der Waals surface area (Å²) in [5.74, 6) is 0.672. The molecule has 1 amide bonds. The number of nitrogens with zero attached hydrogens (tertiary/aromatic N) is 2. The van der Waals surface area contributed by atoms with Crippen LogP contribution in [0.5, 0.6) is 0 Å². The second-order valence-corrected chi connectivity index (χ2v) is 7.03. The lowest BCUT2D eigenvalue weighted by atomic mass is 10.1. The first-order valence-electron chi connectivity index (χ1n) is 9.60. The maximum atomic E-state index is 11.8. The highest BCUT2D eigenvalue weighted by Crippen LogP contribution is 2.15. The molecule has 2 aliphatic rings. The lowest BCUT2D eigenvalue weighted by Crippen LogP contribution is -2.44. The number of likely N-dealkylation sites (N-methyl/N-ethyl adjacent to an activating group) is 1. The van der Waals surface area contributed by atoms with Gasteiger partial charge >= 0.3 is 0 Å². The van der Waals surface area contributed by atoms with Crippen LogP contribution in [0.25, 0.3) is 0 Å². The van der Waals surface area contributed by atoms with E-state index in [1.54, 1.807) is 19.0 Å². The van der Waals surface area contributed by atoms with Gasteiger partial charge in [-0.2, -0.15) is 0 Å². The first kappa shape index (κ1) is 20.0. The molecule has 0 bridgehead atoms. The highest BCUT2D eigenvalue weighted by atomic mass is 16.5. The van der Waals surface area contributed by atoms with Crippen molar-refractivity contribution < 1.29 is 14.3 Å². The first-order valence-corrected chi connectivity index (χ1v) is 9.60. The molecule has 0 spiro atoms. The fraction of sp³-hybridized carbons (Fsp3) is 0.889. The summed E-state index contributed by atoms with van der Waals surface area (Å²) in [6, 6.07) is 0. The summed E-state index contributed by atoms with van der Waals surface area (Å²) in [5, 5.41) is 6.66. The Labute approximate surface area is 151 Å². The van der Waals surface area contributed by atoms with Crippen molar-refractivity contribution in [2.75, 3.05) is 46.9 Å². The Balaban J connectivity index is 1.77. The summed E-state index contributed by atoms with van der Waals surface area (Å²) in [6.07, 6.45) is 8.52. The van der Waals surface area contributed by atoms with Crippen LogP contribution in [0.4, 0.5) is 0 Å². The number of aliphatic imine (C=N–C) groups is 1. The van der Waals surface area contributed by atoms with E-state index >= 15 is 0 Å². The summed E-state index contributed by atoms with van der Waals surface area (Å²) >= 11 is 0. The molecule has 0 radical (unpaired) electrons. The normalized spacial score (nSPS) is 24.6. The molecule has 2 saturated heterocycles. The van der Waals surface area contributed by atoms with Gasteiger partial charge in [-0.3, -0.25) is 4.79 Å². The Morgan fingerprint density at radius 2 is 1.72 bits per heavy atom. The molecular formula is C18H34N4O3. The summed E-state index contributed by atoms with van der Waals surface area (Å²) < 4.78 is 11.5. The average molecular weight is 354 g/mol. The zero-order valence-electron chi connectivity index (χ0n) is 15.8. The average Bonchev–Trinajstić information content (AvgIpc) is 2.64. The van der Waals surface area contributed by atoms with Crippen LogP contribution in [0, 0.1) is 0 Å². The van der Waals surface area contributed by atoms with Crippen molar-refractivity contribution >= 4 is 11.9 Å². The van der Waals surface area contributed by atoms with Crippen molar-refractivity contribution in [2.24, 2.45) is 4.99 Å². The van der Waals surface area contributed by atoms with E-state index in [-0.39, 0.29) is 18.6 Å². The van der Waals surface area contributed by atoms with Crippen molar-refractivity contribution in [3.63, 3.8) is 0 Å². The van der Waals surface area contributed by atoms with E-state index in [2.05, 4.69) is 15.6 Å². The first-order chi connectivity index (χ1) is 12.1. The number of guanidine groups is 1. The molecule has 2 heterocycles. The SMILES string of the molecule is CN(C)C(=O)CN=C(NCCC1CCCCO1)NCC1CCCCO1. The van der Waals surface area contributed by atoms with Gasteiger partial charge in [0, 0.05) is 40.4 Å². The Morgan fingerprint density at radius 1 is 1.04 bits per heavy atom. The molecule has 0 aromatic rings. The van der Waals surface area contributed by atoms with E-state index in [0.717, 1.165) is 52.0 Å². The minimum atomic E-state index is -0.00868. The maximum absolute atomic E-state index is 11.8. The molecule has 0 aliphatic carbocycles. The highest BCUT2D eigenvalue weighted by molar-refractivity contribution is 5.84. The molecule has 7 heteroatoms. The van der Waals surface area contributed by atoms with Crippen molar-refractivity contribution in [3.05, 3.63) is 0 Å². The third-order valence-electron chi connectivity index (χ3n) is 4.68. The van der Waals surface area contributed by atoms with Crippen LogP contribution in [0.1, 0.15) is 44.9 Å². The number of ether oxygens (including phenoxy) is 2. The number of carbonyl (C=O) groups excluding carboxylic acids is 1. The second-order valence-electron chi connectivity index (χ2n) is 7.03. The van der Waals surface area contributed by atoms with E-state index in [0.29, 0.717) is 12.1 Å². The summed E-state index contributed by atoms with van der Waals surface area (Å²) in [4.78, 5) is 17.8. The van der Waals surface area contributed by atoms with Crippen LogP contribution in [0.15, 0.2) is 4.99 Å². The van der Waals surface area contributed by atoms with Gasteiger partial charge < -0.3 is 25.0 Å². The van der Waals surface area contributed by atoms with E-state index in [1.165, 1.54) is 19.3 Å². The van der Waals surface area contributed by atoms with E-state index in [1.807, 2.05) is 0 Å². The molecule has 144 valence electrons. The van der Waals surface area contributed by atoms with Gasteiger partial charge in [0.25, 0.3) is 0 Å². The van der Waals surface area contributed by atoms with Gasteiger partial charge in [-0.25, -0.2) is 4.99 Å². The topological polar surface area (TPSA) is 75.2 Å². The summed E-state index contributed by atoms with van der Waals surface area (Å²) in [5.41, 5.74) is 0. The molecule has 0 saturated carbocycles. The molecule has 7 nitrogen and oxygen atoms in total. The molecule has 2 aliphatic heterocycles. The van der Waals surface area contributed by atoms with Gasteiger partial charge in [0.05, 0.1) is 12.2 Å². The van der Waals surface area contributed by atoms with E-state index in [4.69, 9.17) is 9.47 Å². The van der Waals surface area contributed by atoms with Crippen molar-refractivity contribution in [2.45, 2.75) is 57.2 Å². The van der Waals surface area contributed by atoms with Crippen molar-refractivity contribution in [1.29, 1.82) is 0 Å². The quantitative estimate of drug-likeness (QED) is 0.530. The zero-order chi connectivity index (χ0) is 17.9. The minimum Gasteiger partial charge on any atom is -0.378 e. The van der Waals surface area contributed by atoms with Gasteiger partial charge in [-0.1, -0.05) is 0 Å². The molecule has 2 rings (SSSR count). The number of amides is 1. The van der Waals surface area contributed by atoms with Crippen LogP contribution < -0.4 is 10.6 Å². The third kappa shape index (κ3) is 8.05. The molecule has 0 aromatic carbocycles. The molecule has 0 aromatic heterocycles. The fourth-order valence-electron chi connectivity index (χ4n) is 3.03. The van der Waals surface area contributed by atoms with Gasteiger partial charge in [0.15, 0.2) is 5.96 Å². The molecule has 2 unspecified atom stereocenters. The molecule has 2 atom stereocenters. The Kier molecular flexibility index (Phi) is 9.04. The van der Waals surface area contributed by atoms with Crippen molar-refractivity contribution in [1.82, 2.24) is 15.5 Å². The fourth-order valence-corrected chi connectivity index (χ4v) is 3.03. The predicted octanol–water partition coefficient (Wildman–Crippen LogP) is 1.14. The molecule has 2 fully saturated rings. The number of carbonyl (C=O) groups is 1. The number of rotatable bonds is 7. The number of hydrogen-bond acceptors (Lipinski definition) is 4. The van der Waals surface area contributed by atoms with Gasteiger partial charge in [0.2, 0.25) is 5.91 Å². The van der Waals surface area contributed by atoms with E-state index in [9.17, 15) is 4.79 Å². The lowest BCUT2D eigenvalue weighted by Gasteiger charge is -2.25. The Bertz CT molecular complexity index is 417. The van der Waals surface area contributed by atoms with Gasteiger partial charge in [-0.15, -0.1) is 0 Å². The van der Waals surface area contributed by atoms with Crippen LogP contribution in [-0.4, -0.2) is 75.9 Å². The largest absolute Gasteiger partial charge is 0.378 e. The van der Waals surface area contributed by atoms with Crippen LogP contribution >= 0.6 is 0 Å². The molecular weight excluding hydrogens is 320 g/mol. The van der Waals surface area contributed by atoms with Crippen LogP contribution in [0.2, 0.25) is 0 Å². The van der Waals surface area contributed by atoms with E-state index < -0.39 is 0 Å². The van der Waals surface area contributed by atoms with Crippen LogP contribution in [-0.2, 0) is 14.3 Å².